The minimum absolute atomic E-state index is 0.0439. The summed E-state index contributed by atoms with van der Waals surface area (Å²) in [6, 6.07) is 0. The van der Waals surface area contributed by atoms with Gasteiger partial charge in [-0.3, -0.25) is 0 Å². The third kappa shape index (κ3) is 5.85. The molecule has 156 valence electrons. The molecule has 0 aliphatic heterocycles. The average molecular weight is 411 g/mol. The summed E-state index contributed by atoms with van der Waals surface area (Å²) in [5.41, 5.74) is 0.990. The van der Waals surface area contributed by atoms with Crippen LogP contribution in [0.5, 0.6) is 11.8 Å². The van der Waals surface area contributed by atoms with Gasteiger partial charge in [-0.1, -0.05) is 27.7 Å². The van der Waals surface area contributed by atoms with Crippen molar-refractivity contribution in [2.45, 2.75) is 64.2 Å². The molecule has 2 rings (SSSR count). The van der Waals surface area contributed by atoms with Crippen molar-refractivity contribution in [3.63, 3.8) is 0 Å². The highest BCUT2D eigenvalue weighted by atomic mass is 32.1. The second-order valence-corrected chi connectivity index (χ2v) is 8.67. The molecule has 0 unspecified atom stereocenters. The molecular weight excluding hydrogens is 380 g/mol. The van der Waals surface area contributed by atoms with Gasteiger partial charge >= 0.3 is 0 Å². The molecular formula is C19H30N4O4S. The summed E-state index contributed by atoms with van der Waals surface area (Å²) in [7, 11) is 0. The Morgan fingerprint density at radius 2 is 1.29 bits per heavy atom. The van der Waals surface area contributed by atoms with Crippen LogP contribution in [-0.4, -0.2) is 38.7 Å². The van der Waals surface area contributed by atoms with E-state index in [1.54, 1.807) is 0 Å². The van der Waals surface area contributed by atoms with Gasteiger partial charge in [0.1, 0.15) is 12.5 Å². The van der Waals surface area contributed by atoms with Gasteiger partial charge in [-0.25, -0.2) is 0 Å². The van der Waals surface area contributed by atoms with Gasteiger partial charge in [0.25, 0.3) is 11.8 Å². The Kier molecular flexibility index (Phi) is 7.29. The first-order valence-corrected chi connectivity index (χ1v) is 9.83. The average Bonchev–Trinajstić information content (AvgIpc) is 3.24. The lowest BCUT2D eigenvalue weighted by Crippen LogP contribution is -2.37. The van der Waals surface area contributed by atoms with Crippen LogP contribution in [0.1, 0.15) is 64.5 Å². The van der Waals surface area contributed by atoms with E-state index in [1.165, 1.54) is 12.5 Å². The van der Waals surface area contributed by atoms with Crippen LogP contribution in [-0.2, 0) is 10.8 Å². The Hall–Kier alpha value is -2.29. The number of hydrogen-bond donors (Lipinski definition) is 4. The Morgan fingerprint density at radius 1 is 0.893 bits per heavy atom. The maximum absolute atomic E-state index is 9.71. The minimum Gasteiger partial charge on any atom is -0.491 e. The number of nitrogens with one attached hydrogen (secondary N) is 2. The van der Waals surface area contributed by atoms with Crippen molar-refractivity contribution in [3.05, 3.63) is 23.7 Å². The van der Waals surface area contributed by atoms with Crippen molar-refractivity contribution in [2.75, 3.05) is 13.1 Å². The van der Waals surface area contributed by atoms with Crippen LogP contribution in [0.15, 0.2) is 21.6 Å². The fraction of sp³-hybridized carbons (Fsp3) is 0.632. The maximum atomic E-state index is 9.71. The van der Waals surface area contributed by atoms with Gasteiger partial charge in [0, 0.05) is 13.1 Å². The number of aromatic nitrogens is 2. The molecule has 0 aromatic carbocycles. The molecule has 28 heavy (non-hydrogen) atoms. The van der Waals surface area contributed by atoms with Gasteiger partial charge in [-0.05, 0) is 59.0 Å². The highest BCUT2D eigenvalue weighted by molar-refractivity contribution is 7.80. The predicted octanol–water partition coefficient (Wildman–Crippen LogP) is 3.35. The quantitative estimate of drug-likeness (QED) is 0.345. The fourth-order valence-electron chi connectivity index (χ4n) is 3.18. The van der Waals surface area contributed by atoms with Gasteiger partial charge < -0.3 is 29.9 Å². The molecule has 0 saturated carbocycles. The lowest BCUT2D eigenvalue weighted by molar-refractivity contribution is 0.357. The molecule has 2 aromatic rings. The summed E-state index contributed by atoms with van der Waals surface area (Å²) in [6.07, 6.45) is 6.48. The van der Waals surface area contributed by atoms with E-state index in [1.807, 2.05) is 27.7 Å². The fourth-order valence-corrected chi connectivity index (χ4v) is 3.39. The van der Waals surface area contributed by atoms with E-state index in [0.29, 0.717) is 5.11 Å². The highest BCUT2D eigenvalue weighted by Gasteiger charge is 2.27. The Bertz CT molecular complexity index is 707. The van der Waals surface area contributed by atoms with Crippen molar-refractivity contribution in [1.82, 2.24) is 20.9 Å². The third-order valence-corrected chi connectivity index (χ3v) is 5.38. The number of nitrogens with zero attached hydrogens (tertiary/aromatic N) is 2. The molecule has 0 fully saturated rings. The van der Waals surface area contributed by atoms with Gasteiger partial charge in [0.05, 0.1) is 11.1 Å². The first-order chi connectivity index (χ1) is 13.1. The van der Waals surface area contributed by atoms with Crippen LogP contribution in [0.3, 0.4) is 0 Å². The lowest BCUT2D eigenvalue weighted by Gasteiger charge is -2.23. The Balaban J connectivity index is 1.62. The molecule has 2 heterocycles. The van der Waals surface area contributed by atoms with Crippen molar-refractivity contribution >= 4 is 17.3 Å². The van der Waals surface area contributed by atoms with Crippen molar-refractivity contribution in [3.8, 4) is 11.8 Å². The van der Waals surface area contributed by atoms with E-state index < -0.39 is 0 Å². The molecule has 0 amide bonds. The van der Waals surface area contributed by atoms with E-state index >= 15 is 0 Å². The molecule has 0 aliphatic carbocycles. The first-order valence-electron chi connectivity index (χ1n) is 9.43. The molecule has 0 aliphatic rings. The largest absolute Gasteiger partial charge is 0.491 e. The summed E-state index contributed by atoms with van der Waals surface area (Å²) in [6.45, 7) is 9.66. The topological polar surface area (TPSA) is 117 Å². The molecule has 8 nitrogen and oxygen atoms in total. The second kappa shape index (κ2) is 9.27. The summed E-state index contributed by atoms with van der Waals surface area (Å²) < 4.78 is 9.63. The molecule has 0 saturated heterocycles. The summed E-state index contributed by atoms with van der Waals surface area (Å²) in [4.78, 5) is 0. The van der Waals surface area contributed by atoms with Crippen LogP contribution < -0.4 is 10.6 Å². The van der Waals surface area contributed by atoms with Crippen molar-refractivity contribution in [2.24, 2.45) is 0 Å². The van der Waals surface area contributed by atoms with Crippen LogP contribution in [0.2, 0.25) is 0 Å². The summed E-state index contributed by atoms with van der Waals surface area (Å²) in [5, 5.41) is 33.5. The van der Waals surface area contributed by atoms with Crippen LogP contribution in [0.25, 0.3) is 0 Å². The van der Waals surface area contributed by atoms with E-state index in [2.05, 4.69) is 20.9 Å². The second-order valence-electron chi connectivity index (χ2n) is 8.26. The van der Waals surface area contributed by atoms with E-state index in [9.17, 15) is 10.2 Å². The molecule has 0 bridgehead atoms. The van der Waals surface area contributed by atoms with Crippen LogP contribution >= 0.6 is 12.2 Å². The van der Waals surface area contributed by atoms with Crippen LogP contribution in [0.4, 0.5) is 0 Å². The lowest BCUT2D eigenvalue weighted by atomic mass is 9.82. The molecule has 2 aromatic heterocycles. The van der Waals surface area contributed by atoms with Crippen molar-refractivity contribution < 1.29 is 19.3 Å². The highest BCUT2D eigenvalue weighted by Crippen LogP contribution is 2.34. The molecule has 0 atom stereocenters. The molecule has 0 radical (unpaired) electrons. The zero-order chi connectivity index (χ0) is 20.8. The Labute approximate surface area is 170 Å². The first kappa shape index (κ1) is 22.0. The standard InChI is InChI=1S/C19H30N4O4S/c1-18(2,13-11-26-22-15(13)24)7-5-9-20-17(28)21-10-6-8-19(3,4)14-12-27-23-16(14)25/h11-12H,5-10H2,1-4H3,(H,22,24)(H,23,25)(H2,20,21,28). The van der Waals surface area contributed by atoms with Gasteiger partial charge in [-0.2, -0.15) is 0 Å². The Morgan fingerprint density at radius 3 is 1.61 bits per heavy atom. The van der Waals surface area contributed by atoms with E-state index in [4.69, 9.17) is 21.3 Å². The summed E-state index contributed by atoms with van der Waals surface area (Å²) >= 11 is 5.32. The van der Waals surface area contributed by atoms with Crippen molar-refractivity contribution in [1.29, 1.82) is 0 Å². The van der Waals surface area contributed by atoms with Gasteiger partial charge in [0.2, 0.25) is 0 Å². The summed E-state index contributed by atoms with van der Waals surface area (Å²) in [5.74, 6) is -0.0878. The third-order valence-electron chi connectivity index (χ3n) is 5.09. The predicted molar refractivity (Wildman–Crippen MR) is 109 cm³/mol. The number of hydrogen-bond acceptors (Lipinski definition) is 7. The van der Waals surface area contributed by atoms with E-state index in [0.717, 1.165) is 49.9 Å². The number of thiocarbonyl (C=S) groups is 1. The normalized spacial score (nSPS) is 12.1. The zero-order valence-corrected chi connectivity index (χ0v) is 17.7. The number of aromatic hydroxyl groups is 2. The van der Waals surface area contributed by atoms with Crippen LogP contribution in [0, 0.1) is 0 Å². The molecule has 9 heteroatoms. The van der Waals surface area contributed by atoms with Gasteiger partial charge in [0.15, 0.2) is 5.11 Å². The minimum atomic E-state index is -0.222. The van der Waals surface area contributed by atoms with Gasteiger partial charge in [-0.15, -0.1) is 0 Å². The molecule has 4 N–H and O–H groups in total. The SMILES string of the molecule is CC(C)(CCCNC(=S)NCCCC(C)(C)c1conc1O)c1conc1O. The smallest absolute Gasteiger partial charge is 0.255 e. The maximum Gasteiger partial charge on any atom is 0.255 e. The van der Waals surface area contributed by atoms with E-state index in [-0.39, 0.29) is 22.6 Å². The molecule has 0 spiro atoms. The monoisotopic (exact) mass is 410 g/mol. The number of rotatable bonds is 10. The zero-order valence-electron chi connectivity index (χ0n) is 16.9.